The summed E-state index contributed by atoms with van der Waals surface area (Å²) in [6, 6.07) is 7.25. The standard InChI is InChI=1S/C16H21N3O2S2/c1-11-15(17-12(2)22-11)10-16(20)18-23(5,21)14-8-6-13(7-9-14)19(3)4/h6-9H,10H2,1-5H3. The molecule has 0 radical (unpaired) electrons. The van der Waals surface area contributed by atoms with Gasteiger partial charge in [0.05, 0.1) is 26.9 Å². The Kier molecular flexibility index (Phi) is 5.21. The van der Waals surface area contributed by atoms with E-state index < -0.39 is 15.6 Å². The summed E-state index contributed by atoms with van der Waals surface area (Å²) in [5, 5.41) is 0.918. The summed E-state index contributed by atoms with van der Waals surface area (Å²) in [6.45, 7) is 3.83. The molecule has 7 heteroatoms. The first-order valence-electron chi connectivity index (χ1n) is 7.14. The minimum atomic E-state index is -2.75. The van der Waals surface area contributed by atoms with Gasteiger partial charge in [-0.15, -0.1) is 11.3 Å². The van der Waals surface area contributed by atoms with E-state index in [9.17, 15) is 9.00 Å². The Morgan fingerprint density at radius 1 is 1.26 bits per heavy atom. The maximum atomic E-state index is 12.7. The van der Waals surface area contributed by atoms with Crippen LogP contribution >= 0.6 is 11.3 Å². The zero-order chi connectivity index (χ0) is 17.2. The van der Waals surface area contributed by atoms with E-state index in [1.807, 2.05) is 45.0 Å². The van der Waals surface area contributed by atoms with Crippen molar-refractivity contribution in [1.29, 1.82) is 0 Å². The SMILES string of the molecule is Cc1nc(CC(=O)N=S(C)(=O)c2ccc(N(C)C)cc2)c(C)s1. The summed E-state index contributed by atoms with van der Waals surface area (Å²) in [7, 11) is 1.12. The number of hydrogen-bond donors (Lipinski definition) is 0. The van der Waals surface area contributed by atoms with Crippen LogP contribution in [0.4, 0.5) is 5.69 Å². The molecule has 0 aliphatic rings. The van der Waals surface area contributed by atoms with Crippen LogP contribution in [-0.4, -0.2) is 35.5 Å². The molecule has 0 fully saturated rings. The Hall–Kier alpha value is -1.73. The summed E-state index contributed by atoms with van der Waals surface area (Å²) in [4.78, 5) is 20.0. The second-order valence-electron chi connectivity index (χ2n) is 5.59. The molecule has 1 aromatic heterocycles. The molecule has 0 saturated heterocycles. The van der Waals surface area contributed by atoms with Crippen molar-refractivity contribution in [3.05, 3.63) is 39.8 Å². The largest absolute Gasteiger partial charge is 0.378 e. The Balaban J connectivity index is 2.23. The van der Waals surface area contributed by atoms with Crippen molar-refractivity contribution in [1.82, 2.24) is 4.98 Å². The van der Waals surface area contributed by atoms with Gasteiger partial charge in [0.25, 0.3) is 5.91 Å². The number of anilines is 1. The van der Waals surface area contributed by atoms with Crippen molar-refractivity contribution in [3.63, 3.8) is 0 Å². The monoisotopic (exact) mass is 351 g/mol. The van der Waals surface area contributed by atoms with Crippen LogP contribution in [0.15, 0.2) is 33.5 Å². The number of amides is 1. The molecule has 1 atom stereocenters. The quantitative estimate of drug-likeness (QED) is 0.849. The number of carbonyl (C=O) groups is 1. The number of hydrogen-bond acceptors (Lipinski definition) is 5. The molecular formula is C16H21N3O2S2. The van der Waals surface area contributed by atoms with Gasteiger partial charge in [-0.05, 0) is 38.1 Å². The smallest absolute Gasteiger partial charge is 0.260 e. The molecule has 1 unspecified atom stereocenters. The topological polar surface area (TPSA) is 62.6 Å². The highest BCUT2D eigenvalue weighted by molar-refractivity contribution is 7.93. The number of benzene rings is 1. The van der Waals surface area contributed by atoms with Crippen molar-refractivity contribution in [2.75, 3.05) is 25.3 Å². The molecule has 0 spiro atoms. The van der Waals surface area contributed by atoms with Crippen LogP contribution in [0.25, 0.3) is 0 Å². The Morgan fingerprint density at radius 3 is 2.35 bits per heavy atom. The van der Waals surface area contributed by atoms with Gasteiger partial charge in [0.2, 0.25) is 0 Å². The predicted molar refractivity (Wildman–Crippen MR) is 95.8 cm³/mol. The molecule has 5 nitrogen and oxygen atoms in total. The van der Waals surface area contributed by atoms with E-state index >= 15 is 0 Å². The van der Waals surface area contributed by atoms with Gasteiger partial charge in [0.1, 0.15) is 0 Å². The second-order valence-corrected chi connectivity index (χ2v) is 9.25. The lowest BCUT2D eigenvalue weighted by Crippen LogP contribution is -2.09. The Labute approximate surface area is 141 Å². The maximum Gasteiger partial charge on any atom is 0.260 e. The lowest BCUT2D eigenvalue weighted by molar-refractivity contribution is -0.117. The third-order valence-electron chi connectivity index (χ3n) is 3.38. The second kappa shape index (κ2) is 6.80. The molecule has 2 aromatic rings. The molecule has 1 heterocycles. The van der Waals surface area contributed by atoms with Crippen LogP contribution in [0.2, 0.25) is 0 Å². The molecule has 0 N–H and O–H groups in total. The highest BCUT2D eigenvalue weighted by Crippen LogP contribution is 2.19. The van der Waals surface area contributed by atoms with Crippen molar-refractivity contribution >= 4 is 32.7 Å². The van der Waals surface area contributed by atoms with Gasteiger partial charge in [-0.3, -0.25) is 4.79 Å². The first kappa shape index (κ1) is 17.6. The number of thiazole rings is 1. The first-order chi connectivity index (χ1) is 10.7. The van der Waals surface area contributed by atoms with E-state index in [1.165, 1.54) is 6.26 Å². The molecular weight excluding hydrogens is 330 g/mol. The molecule has 0 aliphatic heterocycles. The predicted octanol–water partition coefficient (Wildman–Crippen LogP) is 3.05. The molecule has 0 bridgehead atoms. The average molecular weight is 351 g/mol. The Morgan fingerprint density at radius 2 is 1.87 bits per heavy atom. The molecule has 1 aromatic carbocycles. The highest BCUT2D eigenvalue weighted by Gasteiger charge is 2.13. The fourth-order valence-corrected chi connectivity index (χ4v) is 4.19. The van der Waals surface area contributed by atoms with E-state index in [1.54, 1.807) is 23.5 Å². The van der Waals surface area contributed by atoms with Crippen LogP contribution < -0.4 is 4.90 Å². The lowest BCUT2D eigenvalue weighted by atomic mass is 10.3. The Bertz CT molecular complexity index is 830. The number of carbonyl (C=O) groups excluding carboxylic acids is 1. The molecule has 124 valence electrons. The molecule has 0 saturated carbocycles. The summed E-state index contributed by atoms with van der Waals surface area (Å²) < 4.78 is 16.7. The zero-order valence-electron chi connectivity index (χ0n) is 14.0. The van der Waals surface area contributed by atoms with Crippen LogP contribution in [0.5, 0.6) is 0 Å². The van der Waals surface area contributed by atoms with Crippen molar-refractivity contribution in [2.24, 2.45) is 4.36 Å². The third kappa shape index (κ3) is 4.39. The number of aromatic nitrogens is 1. The summed E-state index contributed by atoms with van der Waals surface area (Å²) in [5.74, 6) is -0.400. The maximum absolute atomic E-state index is 12.7. The first-order valence-corrected chi connectivity index (χ1v) is 9.88. The lowest BCUT2D eigenvalue weighted by Gasteiger charge is -2.13. The average Bonchev–Trinajstić information content (AvgIpc) is 2.76. The van der Waals surface area contributed by atoms with Crippen LogP contribution in [0, 0.1) is 13.8 Å². The fourth-order valence-electron chi connectivity index (χ4n) is 2.16. The number of rotatable bonds is 4. The van der Waals surface area contributed by atoms with E-state index in [-0.39, 0.29) is 6.42 Å². The van der Waals surface area contributed by atoms with E-state index in [0.717, 1.165) is 21.3 Å². The van der Waals surface area contributed by atoms with Gasteiger partial charge in [0.15, 0.2) is 0 Å². The molecule has 23 heavy (non-hydrogen) atoms. The van der Waals surface area contributed by atoms with Gasteiger partial charge in [0, 0.05) is 35.8 Å². The fraction of sp³-hybridized carbons (Fsp3) is 0.375. The molecule has 0 aliphatic carbocycles. The minimum Gasteiger partial charge on any atom is -0.378 e. The minimum absolute atomic E-state index is 0.0940. The third-order valence-corrected chi connectivity index (χ3v) is 6.01. The van der Waals surface area contributed by atoms with Gasteiger partial charge < -0.3 is 4.90 Å². The van der Waals surface area contributed by atoms with Crippen molar-refractivity contribution < 1.29 is 9.00 Å². The van der Waals surface area contributed by atoms with Crippen LogP contribution in [0.1, 0.15) is 15.6 Å². The molecule has 2 rings (SSSR count). The van der Waals surface area contributed by atoms with Crippen LogP contribution in [-0.2, 0) is 20.9 Å². The van der Waals surface area contributed by atoms with Gasteiger partial charge in [-0.1, -0.05) is 0 Å². The van der Waals surface area contributed by atoms with Crippen LogP contribution in [0.3, 0.4) is 0 Å². The number of nitrogens with zero attached hydrogens (tertiary/aromatic N) is 3. The van der Waals surface area contributed by atoms with E-state index in [2.05, 4.69) is 9.35 Å². The van der Waals surface area contributed by atoms with Crippen molar-refractivity contribution in [3.8, 4) is 0 Å². The number of aryl methyl sites for hydroxylation is 2. The zero-order valence-corrected chi connectivity index (χ0v) is 15.6. The van der Waals surface area contributed by atoms with E-state index in [0.29, 0.717) is 4.90 Å². The summed E-state index contributed by atoms with van der Waals surface area (Å²) >= 11 is 1.55. The van der Waals surface area contributed by atoms with Gasteiger partial charge in [-0.25, -0.2) is 9.19 Å². The normalized spacial score (nSPS) is 13.4. The summed E-state index contributed by atoms with van der Waals surface area (Å²) in [5.41, 5.74) is 1.73. The van der Waals surface area contributed by atoms with Gasteiger partial charge >= 0.3 is 0 Å². The van der Waals surface area contributed by atoms with Crippen molar-refractivity contribution in [2.45, 2.75) is 25.2 Å². The van der Waals surface area contributed by atoms with E-state index in [4.69, 9.17) is 0 Å². The van der Waals surface area contributed by atoms with Gasteiger partial charge in [-0.2, -0.15) is 4.36 Å². The highest BCUT2D eigenvalue weighted by atomic mass is 32.2. The summed E-state index contributed by atoms with van der Waals surface area (Å²) in [6.07, 6.45) is 1.59. The molecule has 1 amide bonds.